The van der Waals surface area contributed by atoms with Gasteiger partial charge in [-0.3, -0.25) is 4.79 Å². The third-order valence-electron chi connectivity index (χ3n) is 5.88. The number of aromatic nitrogens is 2. The molecule has 0 radical (unpaired) electrons. The van der Waals surface area contributed by atoms with Crippen LogP contribution >= 0.6 is 11.6 Å². The molecule has 182 valence electrons. The first kappa shape index (κ1) is 24.7. The van der Waals surface area contributed by atoms with E-state index in [2.05, 4.69) is 10.4 Å². The Kier molecular flexibility index (Phi) is 6.86. The number of hydrogen-bond donors (Lipinski definition) is 1. The van der Waals surface area contributed by atoms with Crippen molar-refractivity contribution >= 4 is 28.4 Å². The van der Waals surface area contributed by atoms with Gasteiger partial charge >= 0.3 is 0 Å². The van der Waals surface area contributed by atoms with E-state index in [4.69, 9.17) is 16.3 Å². The average Bonchev–Trinajstić information content (AvgIpc) is 3.22. The molecule has 1 amide bonds. The average molecular weight is 494 g/mol. The molecule has 0 saturated carbocycles. The van der Waals surface area contributed by atoms with Crippen molar-refractivity contribution in [3.05, 3.63) is 88.8 Å². The Labute approximate surface area is 209 Å². The zero-order valence-electron chi connectivity index (χ0n) is 20.5. The summed E-state index contributed by atoms with van der Waals surface area (Å²) in [6, 6.07) is 17.3. The van der Waals surface area contributed by atoms with E-state index in [-0.39, 0.29) is 17.8 Å². The number of amides is 1. The molecule has 0 aliphatic carbocycles. The van der Waals surface area contributed by atoms with E-state index in [0.29, 0.717) is 10.8 Å². The molecular weight excluding hydrogens is 465 g/mol. The van der Waals surface area contributed by atoms with Gasteiger partial charge in [-0.2, -0.15) is 5.10 Å². The van der Waals surface area contributed by atoms with Gasteiger partial charge in [-0.05, 0) is 73.5 Å². The predicted octanol–water partition coefficient (Wildman–Crippen LogP) is 6.80. The quantitative estimate of drug-likeness (QED) is 0.321. The molecule has 0 aliphatic heterocycles. The molecule has 0 saturated heterocycles. The Hall–Kier alpha value is -3.38. The van der Waals surface area contributed by atoms with Crippen molar-refractivity contribution in [2.24, 2.45) is 5.41 Å². The number of aryl methyl sites for hydroxylation is 1. The maximum Gasteiger partial charge on any atom is 0.225 e. The van der Waals surface area contributed by atoms with Crippen LogP contribution in [0.5, 0.6) is 5.75 Å². The summed E-state index contributed by atoms with van der Waals surface area (Å²) in [4.78, 5) is 12.7. The molecule has 1 heterocycles. The molecule has 1 aromatic heterocycles. The molecule has 0 spiro atoms. The van der Waals surface area contributed by atoms with E-state index in [9.17, 15) is 9.18 Å². The van der Waals surface area contributed by atoms with Gasteiger partial charge in [0.25, 0.3) is 0 Å². The van der Waals surface area contributed by atoms with Gasteiger partial charge in [0.05, 0.1) is 23.4 Å². The summed E-state index contributed by atoms with van der Waals surface area (Å²) >= 11 is 6.26. The summed E-state index contributed by atoms with van der Waals surface area (Å²) in [5, 5.41) is 9.11. The maximum atomic E-state index is 13.3. The summed E-state index contributed by atoms with van der Waals surface area (Å²) < 4.78 is 21.6. The van der Waals surface area contributed by atoms with Crippen molar-refractivity contribution in [3.63, 3.8) is 0 Å². The van der Waals surface area contributed by atoms with Gasteiger partial charge < -0.3 is 10.1 Å². The van der Waals surface area contributed by atoms with Gasteiger partial charge in [0.1, 0.15) is 17.7 Å². The molecule has 2 atom stereocenters. The van der Waals surface area contributed by atoms with Gasteiger partial charge in [0.15, 0.2) is 0 Å². The van der Waals surface area contributed by atoms with Crippen molar-refractivity contribution in [1.82, 2.24) is 15.1 Å². The van der Waals surface area contributed by atoms with Crippen LogP contribution in [0.1, 0.15) is 44.9 Å². The van der Waals surface area contributed by atoms with E-state index in [1.807, 2.05) is 71.0 Å². The molecular formula is C28H29ClFN3O2. The van der Waals surface area contributed by atoms with Crippen LogP contribution in [0.3, 0.4) is 0 Å². The number of carbonyl (C=O) groups excluding carboxylic acids is 1. The molecule has 0 fully saturated rings. The van der Waals surface area contributed by atoms with Gasteiger partial charge in [0, 0.05) is 15.8 Å². The monoisotopic (exact) mass is 493 g/mol. The Morgan fingerprint density at radius 2 is 1.80 bits per heavy atom. The SMILES string of the molecule is Cc1cc(C(Oc2ccc3c(cnn3-c3ccc(F)cc3)c2)C(C)NC(=O)C(C)(C)C)ccc1Cl. The molecule has 4 rings (SSSR count). The molecule has 7 heteroatoms. The number of nitrogens with one attached hydrogen (secondary N) is 1. The highest BCUT2D eigenvalue weighted by Crippen LogP contribution is 2.31. The van der Waals surface area contributed by atoms with Crippen LogP contribution in [0.4, 0.5) is 4.39 Å². The number of halogens is 2. The Morgan fingerprint density at radius 3 is 2.46 bits per heavy atom. The third kappa shape index (κ3) is 5.49. The van der Waals surface area contributed by atoms with E-state index < -0.39 is 11.5 Å². The number of nitrogens with zero attached hydrogens (tertiary/aromatic N) is 2. The maximum absolute atomic E-state index is 13.3. The molecule has 3 aromatic carbocycles. The number of benzene rings is 3. The molecule has 0 aliphatic rings. The van der Waals surface area contributed by atoms with E-state index in [0.717, 1.165) is 27.7 Å². The van der Waals surface area contributed by atoms with Gasteiger partial charge in [-0.25, -0.2) is 9.07 Å². The fourth-order valence-electron chi connectivity index (χ4n) is 3.82. The Balaban J connectivity index is 1.66. The van der Waals surface area contributed by atoms with Crippen molar-refractivity contribution in [3.8, 4) is 11.4 Å². The van der Waals surface area contributed by atoms with Crippen molar-refractivity contribution < 1.29 is 13.9 Å². The Morgan fingerprint density at radius 1 is 1.09 bits per heavy atom. The van der Waals surface area contributed by atoms with Gasteiger partial charge in [0.2, 0.25) is 5.91 Å². The molecule has 5 nitrogen and oxygen atoms in total. The minimum atomic E-state index is -0.525. The highest BCUT2D eigenvalue weighted by atomic mass is 35.5. The second kappa shape index (κ2) is 9.70. The summed E-state index contributed by atoms with van der Waals surface area (Å²) in [5.74, 6) is 0.294. The van der Waals surface area contributed by atoms with Crippen LogP contribution in [-0.2, 0) is 4.79 Å². The normalized spacial score (nSPS) is 13.5. The van der Waals surface area contributed by atoms with Crippen LogP contribution in [0.2, 0.25) is 5.02 Å². The smallest absolute Gasteiger partial charge is 0.225 e. The number of carbonyl (C=O) groups is 1. The second-order valence-corrected chi connectivity index (χ2v) is 10.2. The van der Waals surface area contributed by atoms with Crippen LogP contribution in [0.25, 0.3) is 16.6 Å². The zero-order valence-corrected chi connectivity index (χ0v) is 21.2. The van der Waals surface area contributed by atoms with Gasteiger partial charge in [-0.1, -0.05) is 44.5 Å². The van der Waals surface area contributed by atoms with Crippen LogP contribution < -0.4 is 10.1 Å². The number of ether oxygens (including phenoxy) is 1. The summed E-state index contributed by atoms with van der Waals surface area (Å²) in [5.41, 5.74) is 2.96. The fourth-order valence-corrected chi connectivity index (χ4v) is 3.94. The van der Waals surface area contributed by atoms with Crippen molar-refractivity contribution in [1.29, 1.82) is 0 Å². The first-order valence-corrected chi connectivity index (χ1v) is 11.9. The summed E-state index contributed by atoms with van der Waals surface area (Å²) in [6.45, 7) is 9.51. The summed E-state index contributed by atoms with van der Waals surface area (Å²) in [7, 11) is 0. The van der Waals surface area contributed by atoms with Crippen molar-refractivity contribution in [2.75, 3.05) is 0 Å². The molecule has 4 aromatic rings. The molecule has 2 unspecified atom stereocenters. The number of rotatable bonds is 6. The first-order valence-electron chi connectivity index (χ1n) is 11.5. The van der Waals surface area contributed by atoms with E-state index in [1.54, 1.807) is 23.0 Å². The minimum Gasteiger partial charge on any atom is -0.484 e. The van der Waals surface area contributed by atoms with Crippen LogP contribution in [0, 0.1) is 18.2 Å². The van der Waals surface area contributed by atoms with Crippen molar-refractivity contribution in [2.45, 2.75) is 46.8 Å². The van der Waals surface area contributed by atoms with Crippen LogP contribution in [-0.4, -0.2) is 21.7 Å². The number of fused-ring (bicyclic) bond motifs is 1. The Bertz CT molecular complexity index is 1360. The summed E-state index contributed by atoms with van der Waals surface area (Å²) in [6.07, 6.45) is 1.31. The largest absolute Gasteiger partial charge is 0.484 e. The lowest BCUT2D eigenvalue weighted by molar-refractivity contribution is -0.129. The first-order chi connectivity index (χ1) is 16.5. The molecule has 35 heavy (non-hydrogen) atoms. The topological polar surface area (TPSA) is 56.1 Å². The van der Waals surface area contributed by atoms with Crippen LogP contribution in [0.15, 0.2) is 66.9 Å². The van der Waals surface area contributed by atoms with Gasteiger partial charge in [-0.15, -0.1) is 0 Å². The van der Waals surface area contributed by atoms with E-state index >= 15 is 0 Å². The molecule has 1 N–H and O–H groups in total. The predicted molar refractivity (Wildman–Crippen MR) is 138 cm³/mol. The lowest BCUT2D eigenvalue weighted by atomic mass is 9.94. The fraction of sp³-hybridized carbons (Fsp3) is 0.286. The molecule has 0 bridgehead atoms. The highest BCUT2D eigenvalue weighted by molar-refractivity contribution is 6.31. The minimum absolute atomic E-state index is 0.0553. The number of hydrogen-bond acceptors (Lipinski definition) is 3. The zero-order chi connectivity index (χ0) is 25.3. The standard InChI is InChI=1S/C28H29ClFN3O2/c1-17-14-19(6-12-24(17)29)26(18(2)32-27(34)28(3,4)5)35-23-11-13-25-20(15-23)16-31-33(25)22-9-7-21(30)8-10-22/h6-16,18,26H,1-5H3,(H,32,34). The lowest BCUT2D eigenvalue weighted by Crippen LogP contribution is -2.44. The highest BCUT2D eigenvalue weighted by Gasteiger charge is 2.28. The third-order valence-corrected chi connectivity index (χ3v) is 6.30. The second-order valence-electron chi connectivity index (χ2n) is 9.81. The lowest BCUT2D eigenvalue weighted by Gasteiger charge is -2.29. The van der Waals surface area contributed by atoms with E-state index in [1.165, 1.54) is 12.1 Å².